The minimum absolute atomic E-state index is 0.0688. The number of benzene rings is 1. The van der Waals surface area contributed by atoms with Crippen LogP contribution in [-0.4, -0.2) is 30.0 Å². The molecule has 0 bridgehead atoms. The van der Waals surface area contributed by atoms with Gasteiger partial charge in [-0.2, -0.15) is 5.10 Å². The van der Waals surface area contributed by atoms with Gasteiger partial charge in [0, 0.05) is 11.6 Å². The molecule has 0 saturated heterocycles. The molecule has 0 saturated carbocycles. The number of aromatic nitrogens is 2. The van der Waals surface area contributed by atoms with E-state index < -0.39 is 0 Å². The van der Waals surface area contributed by atoms with Gasteiger partial charge in [-0.1, -0.05) is 41.1 Å². The lowest BCUT2D eigenvalue weighted by molar-refractivity contribution is 0.182. The Bertz CT molecular complexity index is 586. The molecule has 2 aromatic rings. The van der Waals surface area contributed by atoms with E-state index in [1.165, 1.54) is 5.56 Å². The Hall–Kier alpha value is -0.690. The van der Waals surface area contributed by atoms with Gasteiger partial charge >= 0.3 is 0 Å². The van der Waals surface area contributed by atoms with E-state index in [1.54, 1.807) is 7.11 Å². The van der Waals surface area contributed by atoms with Crippen LogP contribution in [0.4, 0.5) is 0 Å². The molecule has 0 aliphatic heterocycles. The SMILES string of the molecule is CCNC(c1ccccc1Br)c1c(Br)cnn1CCOC. The summed E-state index contributed by atoms with van der Waals surface area (Å²) in [6, 6.07) is 8.32. The van der Waals surface area contributed by atoms with E-state index in [1.807, 2.05) is 23.0 Å². The van der Waals surface area contributed by atoms with Crippen LogP contribution in [0.3, 0.4) is 0 Å². The molecule has 2 rings (SSSR count). The zero-order valence-corrected chi connectivity index (χ0v) is 15.3. The molecule has 1 atom stereocenters. The zero-order valence-electron chi connectivity index (χ0n) is 12.1. The summed E-state index contributed by atoms with van der Waals surface area (Å²) in [6.07, 6.45) is 1.84. The number of ether oxygens (including phenoxy) is 1. The van der Waals surface area contributed by atoms with Crippen molar-refractivity contribution in [1.29, 1.82) is 0 Å². The van der Waals surface area contributed by atoms with Crippen LogP contribution in [0.15, 0.2) is 39.4 Å². The highest BCUT2D eigenvalue weighted by Gasteiger charge is 2.22. The second kappa shape index (κ2) is 8.08. The van der Waals surface area contributed by atoms with E-state index in [0.29, 0.717) is 6.61 Å². The third-order valence-electron chi connectivity index (χ3n) is 3.24. The van der Waals surface area contributed by atoms with Crippen molar-refractivity contribution in [1.82, 2.24) is 15.1 Å². The van der Waals surface area contributed by atoms with Crippen molar-refractivity contribution in [3.63, 3.8) is 0 Å². The molecule has 1 aromatic heterocycles. The van der Waals surface area contributed by atoms with E-state index in [2.05, 4.69) is 61.3 Å². The number of nitrogens with zero attached hydrogens (tertiary/aromatic N) is 2. The van der Waals surface area contributed by atoms with Gasteiger partial charge in [0.1, 0.15) is 0 Å². The summed E-state index contributed by atoms with van der Waals surface area (Å²) in [4.78, 5) is 0. The number of halogens is 2. The fourth-order valence-electron chi connectivity index (χ4n) is 2.28. The van der Waals surface area contributed by atoms with Crippen molar-refractivity contribution in [2.45, 2.75) is 19.5 Å². The monoisotopic (exact) mass is 415 g/mol. The van der Waals surface area contributed by atoms with E-state index >= 15 is 0 Å². The molecule has 4 nitrogen and oxygen atoms in total. The van der Waals surface area contributed by atoms with Crippen LogP contribution in [0.2, 0.25) is 0 Å². The lowest BCUT2D eigenvalue weighted by atomic mass is 10.0. The number of rotatable bonds is 7. The second-order valence-electron chi connectivity index (χ2n) is 4.61. The van der Waals surface area contributed by atoms with Gasteiger partial charge in [0.25, 0.3) is 0 Å². The van der Waals surface area contributed by atoms with Crippen molar-refractivity contribution in [3.8, 4) is 0 Å². The fourth-order valence-corrected chi connectivity index (χ4v) is 3.32. The number of hydrogen-bond donors (Lipinski definition) is 1. The maximum atomic E-state index is 5.17. The highest BCUT2D eigenvalue weighted by Crippen LogP contribution is 2.32. The summed E-state index contributed by atoms with van der Waals surface area (Å²) in [5, 5.41) is 7.98. The van der Waals surface area contributed by atoms with Gasteiger partial charge in [-0.3, -0.25) is 4.68 Å². The molecular formula is C15H19Br2N3O. The maximum absolute atomic E-state index is 5.17. The van der Waals surface area contributed by atoms with E-state index in [0.717, 1.165) is 27.7 Å². The lowest BCUT2D eigenvalue weighted by Gasteiger charge is -2.22. The predicted molar refractivity (Wildman–Crippen MR) is 91.5 cm³/mol. The Balaban J connectivity index is 2.43. The average Bonchev–Trinajstić information content (AvgIpc) is 2.84. The van der Waals surface area contributed by atoms with Gasteiger partial charge in [-0.15, -0.1) is 0 Å². The zero-order chi connectivity index (χ0) is 15.2. The summed E-state index contributed by atoms with van der Waals surface area (Å²) < 4.78 is 9.25. The van der Waals surface area contributed by atoms with E-state index in [9.17, 15) is 0 Å². The molecule has 0 aliphatic rings. The third-order valence-corrected chi connectivity index (χ3v) is 4.57. The number of nitrogens with one attached hydrogen (secondary N) is 1. The Morgan fingerprint density at radius 2 is 2.05 bits per heavy atom. The first kappa shape index (κ1) is 16.7. The van der Waals surface area contributed by atoms with Crippen LogP contribution in [0, 0.1) is 0 Å². The average molecular weight is 417 g/mol. The standard InChI is InChI=1S/C15H19Br2N3O/c1-3-18-14(11-6-4-5-7-12(11)16)15-13(17)10-19-20(15)8-9-21-2/h4-7,10,14,18H,3,8-9H2,1-2H3. The topological polar surface area (TPSA) is 39.1 Å². The quantitative estimate of drug-likeness (QED) is 0.746. The molecule has 114 valence electrons. The van der Waals surface area contributed by atoms with E-state index in [-0.39, 0.29) is 6.04 Å². The fraction of sp³-hybridized carbons (Fsp3) is 0.400. The smallest absolute Gasteiger partial charge is 0.0770 e. The molecule has 1 heterocycles. The molecule has 21 heavy (non-hydrogen) atoms. The summed E-state index contributed by atoms with van der Waals surface area (Å²) in [5.74, 6) is 0. The summed E-state index contributed by atoms with van der Waals surface area (Å²) in [7, 11) is 1.70. The summed E-state index contributed by atoms with van der Waals surface area (Å²) in [5.41, 5.74) is 2.31. The Labute approximate surface area is 142 Å². The largest absolute Gasteiger partial charge is 0.383 e. The minimum Gasteiger partial charge on any atom is -0.383 e. The Morgan fingerprint density at radius 1 is 1.29 bits per heavy atom. The molecule has 6 heteroatoms. The normalized spacial score (nSPS) is 12.6. The third kappa shape index (κ3) is 3.94. The molecule has 0 spiro atoms. The number of methoxy groups -OCH3 is 1. The highest BCUT2D eigenvalue weighted by molar-refractivity contribution is 9.10. The van der Waals surface area contributed by atoms with Gasteiger partial charge in [-0.05, 0) is 34.1 Å². The molecule has 1 N–H and O–H groups in total. The van der Waals surface area contributed by atoms with Crippen LogP contribution < -0.4 is 5.32 Å². The Kier molecular flexibility index (Phi) is 6.41. The van der Waals surface area contributed by atoms with E-state index in [4.69, 9.17) is 4.74 Å². The molecular weight excluding hydrogens is 398 g/mol. The molecule has 0 fully saturated rings. The van der Waals surface area contributed by atoms with Crippen LogP contribution in [-0.2, 0) is 11.3 Å². The minimum atomic E-state index is 0.0688. The molecule has 0 radical (unpaired) electrons. The van der Waals surface area contributed by atoms with Gasteiger partial charge < -0.3 is 10.1 Å². The first-order valence-electron chi connectivity index (χ1n) is 6.87. The van der Waals surface area contributed by atoms with Crippen LogP contribution in [0.25, 0.3) is 0 Å². The van der Waals surface area contributed by atoms with Gasteiger partial charge in [0.05, 0.1) is 35.6 Å². The molecule has 0 aliphatic carbocycles. The predicted octanol–water partition coefficient (Wildman–Crippen LogP) is 3.75. The first-order chi connectivity index (χ1) is 10.2. The van der Waals surface area contributed by atoms with Gasteiger partial charge in [-0.25, -0.2) is 0 Å². The molecule has 1 unspecified atom stereocenters. The van der Waals surface area contributed by atoms with Gasteiger partial charge in [0.2, 0.25) is 0 Å². The maximum Gasteiger partial charge on any atom is 0.0770 e. The van der Waals surface area contributed by atoms with Crippen molar-refractivity contribution < 1.29 is 4.74 Å². The van der Waals surface area contributed by atoms with Crippen molar-refractivity contribution in [2.75, 3.05) is 20.3 Å². The van der Waals surface area contributed by atoms with Crippen LogP contribution in [0.5, 0.6) is 0 Å². The van der Waals surface area contributed by atoms with Gasteiger partial charge in [0.15, 0.2) is 0 Å². The summed E-state index contributed by atoms with van der Waals surface area (Å²) in [6.45, 7) is 4.33. The number of hydrogen-bond acceptors (Lipinski definition) is 3. The van der Waals surface area contributed by atoms with Crippen molar-refractivity contribution in [3.05, 3.63) is 50.7 Å². The second-order valence-corrected chi connectivity index (χ2v) is 6.31. The summed E-state index contributed by atoms with van der Waals surface area (Å²) >= 11 is 7.27. The van der Waals surface area contributed by atoms with Crippen molar-refractivity contribution in [2.24, 2.45) is 0 Å². The lowest BCUT2D eigenvalue weighted by Crippen LogP contribution is -2.26. The molecule has 0 amide bonds. The molecule has 1 aromatic carbocycles. The Morgan fingerprint density at radius 3 is 2.71 bits per heavy atom. The first-order valence-corrected chi connectivity index (χ1v) is 8.45. The van der Waals surface area contributed by atoms with Crippen LogP contribution in [0.1, 0.15) is 24.2 Å². The van der Waals surface area contributed by atoms with Crippen LogP contribution >= 0.6 is 31.9 Å². The highest BCUT2D eigenvalue weighted by atomic mass is 79.9. The van der Waals surface area contributed by atoms with Crippen molar-refractivity contribution >= 4 is 31.9 Å².